The maximum Gasteiger partial charge on any atom is 0.223 e. The normalized spacial score (nSPS) is 11.8. The molecule has 0 fully saturated rings. The lowest BCUT2D eigenvalue weighted by Crippen LogP contribution is -2.08. The Morgan fingerprint density at radius 3 is 2.55 bits per heavy atom. The van der Waals surface area contributed by atoms with Gasteiger partial charge in [-0.1, -0.05) is 24.3 Å². The maximum absolute atomic E-state index is 12.5. The standard InChI is InChI=1S/C15H10N2O3/c1-17-13-11-9(6-10(18)15(13)20)14(19)8-5-3-2-4-7(8)12(11)16-17/h2-6,16,20H,1H3. The van der Waals surface area contributed by atoms with Crippen molar-refractivity contribution < 1.29 is 5.11 Å². The van der Waals surface area contributed by atoms with Crippen molar-refractivity contribution in [1.82, 2.24) is 9.78 Å². The van der Waals surface area contributed by atoms with Crippen LogP contribution in [0.2, 0.25) is 0 Å². The fourth-order valence-electron chi connectivity index (χ4n) is 2.91. The molecule has 0 aliphatic carbocycles. The van der Waals surface area contributed by atoms with Gasteiger partial charge in [0.15, 0.2) is 11.2 Å². The fraction of sp³-hybridized carbons (Fsp3) is 0.0667. The van der Waals surface area contributed by atoms with Crippen molar-refractivity contribution in [2.45, 2.75) is 0 Å². The minimum absolute atomic E-state index is 0.185. The van der Waals surface area contributed by atoms with Crippen LogP contribution in [-0.4, -0.2) is 14.9 Å². The Balaban J connectivity index is 2.54. The zero-order valence-corrected chi connectivity index (χ0v) is 10.6. The molecule has 5 heteroatoms. The van der Waals surface area contributed by atoms with Crippen LogP contribution < -0.4 is 10.9 Å². The Hall–Kier alpha value is -2.82. The third-order valence-corrected chi connectivity index (χ3v) is 3.79. The second-order valence-electron chi connectivity index (χ2n) is 4.92. The molecule has 0 aliphatic heterocycles. The van der Waals surface area contributed by atoms with Gasteiger partial charge in [-0.25, -0.2) is 0 Å². The summed E-state index contributed by atoms with van der Waals surface area (Å²) in [7, 11) is 1.70. The summed E-state index contributed by atoms with van der Waals surface area (Å²) in [5, 5.41) is 15.4. The van der Waals surface area contributed by atoms with Crippen molar-refractivity contribution in [2.24, 2.45) is 7.05 Å². The van der Waals surface area contributed by atoms with Gasteiger partial charge in [0.25, 0.3) is 0 Å². The van der Waals surface area contributed by atoms with Crippen LogP contribution in [0.5, 0.6) is 5.75 Å². The lowest BCUT2D eigenvalue weighted by Gasteiger charge is -2.02. The second-order valence-corrected chi connectivity index (χ2v) is 4.92. The van der Waals surface area contributed by atoms with Gasteiger partial charge in [0.1, 0.15) is 5.52 Å². The van der Waals surface area contributed by atoms with Crippen LogP contribution in [0, 0.1) is 0 Å². The molecule has 3 aromatic carbocycles. The van der Waals surface area contributed by atoms with Crippen molar-refractivity contribution >= 4 is 32.6 Å². The van der Waals surface area contributed by atoms with Crippen molar-refractivity contribution in [1.29, 1.82) is 0 Å². The highest BCUT2D eigenvalue weighted by Gasteiger charge is 2.19. The molecule has 0 radical (unpaired) electrons. The van der Waals surface area contributed by atoms with E-state index in [2.05, 4.69) is 5.10 Å². The number of hydrogen-bond donors (Lipinski definition) is 2. The Morgan fingerprint density at radius 1 is 1.10 bits per heavy atom. The molecule has 0 aliphatic rings. The van der Waals surface area contributed by atoms with Crippen LogP contribution >= 0.6 is 0 Å². The van der Waals surface area contributed by atoms with E-state index in [1.54, 1.807) is 23.9 Å². The van der Waals surface area contributed by atoms with E-state index in [-0.39, 0.29) is 11.2 Å². The average Bonchev–Trinajstić information content (AvgIpc) is 2.79. The molecule has 0 saturated carbocycles. The monoisotopic (exact) mass is 266 g/mol. The zero-order valence-electron chi connectivity index (χ0n) is 10.6. The molecule has 2 N–H and O–H groups in total. The van der Waals surface area contributed by atoms with E-state index >= 15 is 0 Å². The molecule has 5 nitrogen and oxygen atoms in total. The van der Waals surface area contributed by atoms with Gasteiger partial charge in [-0.2, -0.15) is 0 Å². The average molecular weight is 266 g/mol. The number of H-pyrrole nitrogens is 1. The number of phenolic OH excluding ortho intramolecular Hbond substituents is 1. The van der Waals surface area contributed by atoms with Gasteiger partial charge in [-0.3, -0.25) is 19.4 Å². The lowest BCUT2D eigenvalue weighted by atomic mass is 10.0. The molecule has 20 heavy (non-hydrogen) atoms. The first-order valence-corrected chi connectivity index (χ1v) is 6.18. The molecule has 4 rings (SSSR count). The first kappa shape index (κ1) is 11.0. The summed E-state index contributed by atoms with van der Waals surface area (Å²) < 4.78 is 1.57. The molecule has 1 aromatic heterocycles. The molecule has 0 amide bonds. The third kappa shape index (κ3) is 1.12. The Labute approximate surface area is 112 Å². The van der Waals surface area contributed by atoms with Crippen molar-refractivity contribution in [3.8, 4) is 5.75 Å². The first-order chi connectivity index (χ1) is 9.59. The predicted molar refractivity (Wildman–Crippen MR) is 77.7 cm³/mol. The van der Waals surface area contributed by atoms with Crippen LogP contribution in [0.3, 0.4) is 0 Å². The molecular weight excluding hydrogens is 256 g/mol. The molecule has 0 saturated heterocycles. The highest BCUT2D eigenvalue weighted by molar-refractivity contribution is 6.20. The predicted octanol–water partition coefficient (Wildman–Crippen LogP) is 1.68. The highest BCUT2D eigenvalue weighted by atomic mass is 16.3. The van der Waals surface area contributed by atoms with E-state index in [1.807, 2.05) is 12.1 Å². The quantitative estimate of drug-likeness (QED) is 0.475. The van der Waals surface area contributed by atoms with Crippen molar-refractivity contribution in [3.05, 3.63) is 50.8 Å². The number of phenols is 1. The van der Waals surface area contributed by atoms with Crippen LogP contribution in [0.15, 0.2) is 39.9 Å². The molecule has 98 valence electrons. The molecule has 0 bridgehead atoms. The molecule has 0 unspecified atom stereocenters. The van der Waals surface area contributed by atoms with Gasteiger partial charge < -0.3 is 5.11 Å². The summed E-state index contributed by atoms with van der Waals surface area (Å²) in [6.07, 6.45) is 0. The van der Waals surface area contributed by atoms with E-state index < -0.39 is 5.43 Å². The molecular formula is C15H10N2O3. The molecule has 4 aromatic rings. The van der Waals surface area contributed by atoms with Gasteiger partial charge in [0.05, 0.1) is 5.52 Å². The molecule has 0 spiro atoms. The summed E-state index contributed by atoms with van der Waals surface area (Å²) in [5.74, 6) is -0.332. The second kappa shape index (κ2) is 3.39. The minimum atomic E-state index is -0.540. The number of nitrogens with one attached hydrogen (secondary N) is 1. The fourth-order valence-corrected chi connectivity index (χ4v) is 2.91. The maximum atomic E-state index is 12.5. The van der Waals surface area contributed by atoms with Gasteiger partial charge in [-0.05, 0) is 0 Å². The number of aromatic hydroxyl groups is 1. The van der Waals surface area contributed by atoms with Crippen LogP contribution in [0.4, 0.5) is 0 Å². The number of rotatable bonds is 0. The third-order valence-electron chi connectivity index (χ3n) is 3.79. The van der Waals surface area contributed by atoms with E-state index in [0.717, 1.165) is 10.9 Å². The van der Waals surface area contributed by atoms with Crippen LogP contribution in [0.25, 0.3) is 32.6 Å². The SMILES string of the molecule is Cn1[nH]c2c3ccccc3c(=O)c3cc(=O)c(O)c1c32. The lowest BCUT2D eigenvalue weighted by molar-refractivity contribution is 0.473. The van der Waals surface area contributed by atoms with E-state index in [0.29, 0.717) is 21.7 Å². The van der Waals surface area contributed by atoms with Gasteiger partial charge in [-0.15, -0.1) is 0 Å². The summed E-state index contributed by atoms with van der Waals surface area (Å²) >= 11 is 0. The van der Waals surface area contributed by atoms with Gasteiger partial charge in [0, 0.05) is 34.7 Å². The summed E-state index contributed by atoms with van der Waals surface area (Å²) in [6, 6.07) is 8.45. The topological polar surface area (TPSA) is 75.1 Å². The van der Waals surface area contributed by atoms with Crippen molar-refractivity contribution in [2.75, 3.05) is 0 Å². The number of hydrogen-bond acceptors (Lipinski definition) is 3. The number of nitrogens with zero attached hydrogens (tertiary/aromatic N) is 1. The highest BCUT2D eigenvalue weighted by Crippen LogP contribution is 2.32. The Bertz CT molecular complexity index is 1110. The molecule has 1 heterocycles. The summed E-state index contributed by atoms with van der Waals surface area (Å²) in [4.78, 5) is 24.3. The number of aromatic amines is 1. The smallest absolute Gasteiger partial charge is 0.223 e. The number of aryl methyl sites for hydroxylation is 1. The van der Waals surface area contributed by atoms with Crippen LogP contribution in [0.1, 0.15) is 0 Å². The Kier molecular flexibility index (Phi) is 1.87. The summed E-state index contributed by atoms with van der Waals surface area (Å²) in [6.45, 7) is 0. The van der Waals surface area contributed by atoms with E-state index in [1.165, 1.54) is 6.07 Å². The first-order valence-electron chi connectivity index (χ1n) is 6.18. The number of fused-ring (bicyclic) bond motifs is 2. The van der Waals surface area contributed by atoms with Crippen LogP contribution in [-0.2, 0) is 7.05 Å². The summed E-state index contributed by atoms with van der Waals surface area (Å²) in [5.41, 5.74) is 0.393. The zero-order chi connectivity index (χ0) is 14.0. The minimum Gasteiger partial charge on any atom is -0.503 e. The molecule has 0 atom stereocenters. The largest absolute Gasteiger partial charge is 0.503 e. The van der Waals surface area contributed by atoms with Gasteiger partial charge >= 0.3 is 0 Å². The Morgan fingerprint density at radius 2 is 1.80 bits per heavy atom. The van der Waals surface area contributed by atoms with E-state index in [4.69, 9.17) is 0 Å². The van der Waals surface area contributed by atoms with Gasteiger partial charge in [0.2, 0.25) is 5.43 Å². The number of benzene rings is 3. The van der Waals surface area contributed by atoms with Crippen molar-refractivity contribution in [3.63, 3.8) is 0 Å². The van der Waals surface area contributed by atoms with E-state index in [9.17, 15) is 14.7 Å². The number of aromatic nitrogens is 2.